The molecular weight excluding hydrogens is 610 g/mol. The van der Waals surface area contributed by atoms with E-state index in [0.29, 0.717) is 12.0 Å². The first-order chi connectivity index (χ1) is 21.5. The van der Waals surface area contributed by atoms with E-state index in [1.807, 2.05) is 6.92 Å². The molecule has 0 aliphatic rings. The Hall–Kier alpha value is -4.60. The normalized spacial score (nSPS) is 14.6. The van der Waals surface area contributed by atoms with Crippen molar-refractivity contribution in [2.45, 2.75) is 63.7 Å². The van der Waals surface area contributed by atoms with Crippen molar-refractivity contribution in [1.82, 2.24) is 0 Å². The fourth-order valence-corrected chi connectivity index (χ4v) is 5.23. The molecule has 0 aliphatic carbocycles. The minimum atomic E-state index is -4.71. The predicted molar refractivity (Wildman–Crippen MR) is 161 cm³/mol. The molecular formula is C36H32F6O4. The van der Waals surface area contributed by atoms with E-state index in [0.717, 1.165) is 19.4 Å². The van der Waals surface area contributed by atoms with Crippen molar-refractivity contribution in [3.05, 3.63) is 130 Å². The summed E-state index contributed by atoms with van der Waals surface area (Å²) >= 11 is 0. The van der Waals surface area contributed by atoms with Crippen molar-refractivity contribution in [2.24, 2.45) is 0 Å². The largest absolute Gasteiger partial charge is 0.427 e. The van der Waals surface area contributed by atoms with E-state index in [1.54, 1.807) is 12.1 Å². The van der Waals surface area contributed by atoms with E-state index in [-0.39, 0.29) is 40.2 Å². The van der Waals surface area contributed by atoms with E-state index < -0.39 is 35.1 Å². The Morgan fingerprint density at radius 3 is 1.20 bits per heavy atom. The molecule has 0 fully saturated rings. The average molecular weight is 643 g/mol. The van der Waals surface area contributed by atoms with Crippen LogP contribution >= 0.6 is 0 Å². The molecule has 0 bridgehead atoms. The Bertz CT molecular complexity index is 1660. The third-order valence-electron chi connectivity index (χ3n) is 8.31. The van der Waals surface area contributed by atoms with Gasteiger partial charge >= 0.3 is 24.3 Å². The summed E-state index contributed by atoms with van der Waals surface area (Å²) in [6.45, 7) is 5.22. The van der Waals surface area contributed by atoms with Gasteiger partial charge in [-0.15, -0.1) is 0 Å². The summed E-state index contributed by atoms with van der Waals surface area (Å²) in [5, 5.41) is 0. The number of carbonyl (C=O) groups excluding carboxylic acids is 2. The summed E-state index contributed by atoms with van der Waals surface area (Å²) in [4.78, 5) is 23.8. The van der Waals surface area contributed by atoms with Crippen molar-refractivity contribution >= 4 is 11.9 Å². The van der Waals surface area contributed by atoms with Crippen molar-refractivity contribution in [1.29, 1.82) is 0 Å². The molecule has 0 heterocycles. The van der Waals surface area contributed by atoms with Crippen LogP contribution in [0.15, 0.2) is 97.1 Å². The molecule has 0 spiro atoms. The lowest BCUT2D eigenvalue weighted by molar-refractivity contribution is -0.173. The molecule has 242 valence electrons. The molecule has 0 radical (unpaired) electrons. The van der Waals surface area contributed by atoms with E-state index in [9.17, 15) is 35.9 Å². The molecule has 10 heteroatoms. The molecule has 0 saturated heterocycles. The van der Waals surface area contributed by atoms with Crippen molar-refractivity contribution < 1.29 is 45.4 Å². The zero-order chi connectivity index (χ0) is 33.9. The van der Waals surface area contributed by atoms with Gasteiger partial charge in [-0.25, -0.2) is 0 Å². The van der Waals surface area contributed by atoms with Crippen LogP contribution in [0.1, 0.15) is 61.1 Å². The second-order valence-electron chi connectivity index (χ2n) is 11.3. The van der Waals surface area contributed by atoms with Gasteiger partial charge in [0.2, 0.25) is 0 Å². The Balaban J connectivity index is 1.49. The molecule has 2 unspecified atom stereocenters. The maximum absolute atomic E-state index is 14.4. The quantitative estimate of drug-likeness (QED) is 0.104. The van der Waals surface area contributed by atoms with Gasteiger partial charge in [0.1, 0.15) is 22.3 Å². The standard InChI is InChI=1S/C36H32F6O4/c1-5-24-6-10-26(11-7-24)33(3,35(37,38)39)27-12-8-25(9-13-27)22-32(44)46-31-20-16-29(17-21-31)34(4,36(40,41)42)28-14-18-30(19-15-28)45-23(2)43/h6-21H,5,22H2,1-4H3. The van der Waals surface area contributed by atoms with Crippen LogP contribution in [0.2, 0.25) is 0 Å². The van der Waals surface area contributed by atoms with Crippen LogP contribution in [0.25, 0.3) is 0 Å². The number of alkyl halides is 6. The molecule has 0 saturated carbocycles. The molecule has 4 aromatic carbocycles. The number of aryl methyl sites for hydroxylation is 1. The summed E-state index contributed by atoms with van der Waals surface area (Å²) in [6, 6.07) is 21.7. The topological polar surface area (TPSA) is 52.6 Å². The maximum Gasteiger partial charge on any atom is 0.402 e. The number of benzene rings is 4. The van der Waals surface area contributed by atoms with E-state index in [2.05, 4.69) is 0 Å². The van der Waals surface area contributed by atoms with Gasteiger partial charge in [0.05, 0.1) is 6.42 Å². The van der Waals surface area contributed by atoms with Crippen LogP contribution in [0.3, 0.4) is 0 Å². The highest BCUT2D eigenvalue weighted by atomic mass is 19.4. The van der Waals surface area contributed by atoms with Gasteiger partial charge in [0.15, 0.2) is 0 Å². The lowest BCUT2D eigenvalue weighted by Crippen LogP contribution is -2.40. The van der Waals surface area contributed by atoms with Gasteiger partial charge in [-0.3, -0.25) is 9.59 Å². The average Bonchev–Trinajstić information content (AvgIpc) is 3.00. The van der Waals surface area contributed by atoms with Crippen LogP contribution in [0.5, 0.6) is 11.5 Å². The molecule has 0 amide bonds. The number of esters is 2. The summed E-state index contributed by atoms with van der Waals surface area (Å²) in [6.07, 6.45) is -8.88. The van der Waals surface area contributed by atoms with Gasteiger partial charge in [0, 0.05) is 6.92 Å². The third kappa shape index (κ3) is 6.95. The monoisotopic (exact) mass is 642 g/mol. The molecule has 2 atom stereocenters. The predicted octanol–water partition coefficient (Wildman–Crippen LogP) is 9.06. The number of hydrogen-bond acceptors (Lipinski definition) is 4. The van der Waals surface area contributed by atoms with Gasteiger partial charge < -0.3 is 9.47 Å². The number of ether oxygens (including phenoxy) is 2. The second-order valence-corrected chi connectivity index (χ2v) is 11.3. The smallest absolute Gasteiger partial charge is 0.402 e. The first-order valence-electron chi connectivity index (χ1n) is 14.4. The van der Waals surface area contributed by atoms with Crippen LogP contribution in [-0.2, 0) is 33.3 Å². The summed E-state index contributed by atoms with van der Waals surface area (Å²) in [5.41, 5.74) is -3.52. The van der Waals surface area contributed by atoms with Crippen LogP contribution in [0, 0.1) is 0 Å². The lowest BCUT2D eigenvalue weighted by atomic mass is 9.75. The maximum atomic E-state index is 14.4. The van der Waals surface area contributed by atoms with Crippen LogP contribution in [0.4, 0.5) is 26.3 Å². The summed E-state index contributed by atoms with van der Waals surface area (Å²) in [7, 11) is 0. The number of hydrogen-bond donors (Lipinski definition) is 0. The molecule has 4 aromatic rings. The van der Waals surface area contributed by atoms with Crippen LogP contribution < -0.4 is 9.47 Å². The molecule has 4 rings (SSSR count). The fraction of sp³-hybridized carbons (Fsp3) is 0.278. The van der Waals surface area contributed by atoms with E-state index in [4.69, 9.17) is 9.47 Å². The highest BCUT2D eigenvalue weighted by Crippen LogP contribution is 2.47. The zero-order valence-corrected chi connectivity index (χ0v) is 25.6. The van der Waals surface area contributed by atoms with Gasteiger partial charge in [0.25, 0.3) is 0 Å². The molecule has 46 heavy (non-hydrogen) atoms. The number of carbonyl (C=O) groups is 2. The number of halogens is 6. The summed E-state index contributed by atoms with van der Waals surface area (Å²) < 4.78 is 96.6. The van der Waals surface area contributed by atoms with Gasteiger partial charge in [-0.05, 0) is 77.9 Å². The highest BCUT2D eigenvalue weighted by Gasteiger charge is 2.54. The van der Waals surface area contributed by atoms with E-state index >= 15 is 0 Å². The zero-order valence-electron chi connectivity index (χ0n) is 25.6. The van der Waals surface area contributed by atoms with Crippen molar-refractivity contribution in [3.8, 4) is 11.5 Å². The van der Waals surface area contributed by atoms with Gasteiger partial charge in [-0.1, -0.05) is 79.7 Å². The lowest BCUT2D eigenvalue weighted by Gasteiger charge is -2.33. The first-order valence-corrected chi connectivity index (χ1v) is 14.4. The fourth-order valence-electron chi connectivity index (χ4n) is 5.23. The molecule has 0 N–H and O–H groups in total. The third-order valence-corrected chi connectivity index (χ3v) is 8.31. The molecule has 0 aromatic heterocycles. The molecule has 0 aliphatic heterocycles. The van der Waals surface area contributed by atoms with Crippen molar-refractivity contribution in [2.75, 3.05) is 0 Å². The summed E-state index contributed by atoms with van der Waals surface area (Å²) in [5.74, 6) is -1.24. The van der Waals surface area contributed by atoms with Gasteiger partial charge in [-0.2, -0.15) is 26.3 Å². The Kier molecular flexibility index (Phi) is 9.70. The Morgan fingerprint density at radius 1 is 0.543 bits per heavy atom. The van der Waals surface area contributed by atoms with Crippen LogP contribution in [-0.4, -0.2) is 24.3 Å². The second kappa shape index (κ2) is 13.0. The SMILES string of the molecule is CCc1ccc(C(C)(c2ccc(CC(=O)Oc3ccc(C(C)(c4ccc(OC(C)=O)cc4)C(F)(F)F)cc3)cc2)C(F)(F)F)cc1. The number of rotatable bonds is 9. The Labute approximate surface area is 263 Å². The minimum Gasteiger partial charge on any atom is -0.427 e. The van der Waals surface area contributed by atoms with Crippen molar-refractivity contribution in [3.63, 3.8) is 0 Å². The Morgan fingerprint density at radius 2 is 0.870 bits per heavy atom. The minimum absolute atomic E-state index is 0.000253. The molecule has 4 nitrogen and oxygen atoms in total. The highest BCUT2D eigenvalue weighted by molar-refractivity contribution is 5.75. The van der Waals surface area contributed by atoms with E-state index in [1.165, 1.54) is 91.9 Å². The first kappa shape index (κ1) is 34.3.